The van der Waals surface area contributed by atoms with E-state index in [1.54, 1.807) is 6.92 Å². The van der Waals surface area contributed by atoms with Crippen molar-refractivity contribution in [2.45, 2.75) is 31.5 Å². The first-order valence-electron chi connectivity index (χ1n) is 9.23. The van der Waals surface area contributed by atoms with Gasteiger partial charge in [0, 0.05) is 38.2 Å². The number of amides is 2. The van der Waals surface area contributed by atoms with Crippen molar-refractivity contribution in [3.05, 3.63) is 62.6 Å². The number of aromatic nitrogens is 1. The molecule has 0 saturated heterocycles. The molecule has 0 aliphatic carbocycles. The van der Waals surface area contributed by atoms with Gasteiger partial charge in [-0.1, -0.05) is 6.07 Å². The van der Waals surface area contributed by atoms with E-state index in [4.69, 9.17) is 0 Å². The van der Waals surface area contributed by atoms with Crippen molar-refractivity contribution in [2.75, 3.05) is 13.6 Å². The van der Waals surface area contributed by atoms with Crippen molar-refractivity contribution in [3.8, 4) is 5.75 Å². The topological polar surface area (TPSA) is 112 Å². The van der Waals surface area contributed by atoms with E-state index in [-0.39, 0.29) is 36.5 Å². The number of aromatic hydroxyl groups is 1. The van der Waals surface area contributed by atoms with Gasteiger partial charge in [0.1, 0.15) is 17.2 Å². The summed E-state index contributed by atoms with van der Waals surface area (Å²) in [5.74, 6) is -4.07. The Bertz CT molecular complexity index is 1160. The van der Waals surface area contributed by atoms with Gasteiger partial charge in [-0.15, -0.1) is 0 Å². The minimum atomic E-state index is -1.22. The molecule has 0 fully saturated rings. The molecule has 30 heavy (non-hydrogen) atoms. The maximum atomic E-state index is 13.8. The summed E-state index contributed by atoms with van der Waals surface area (Å²) >= 11 is 0. The first-order valence-corrected chi connectivity index (χ1v) is 9.23. The fourth-order valence-corrected chi connectivity index (χ4v) is 4.41. The van der Waals surface area contributed by atoms with Crippen LogP contribution in [-0.4, -0.2) is 45.1 Å². The van der Waals surface area contributed by atoms with Crippen molar-refractivity contribution >= 4 is 11.8 Å². The Balaban J connectivity index is 1.80. The fourth-order valence-electron chi connectivity index (χ4n) is 4.41. The molecule has 2 aliphatic heterocycles. The number of nitrogens with one attached hydrogen (secondary N) is 1. The molecular weight excluding hydrogens is 400 g/mol. The standard InChI is InChI=1S/C20H19F2N3O5/c1-20-6-12(26)14-13(18(29)23-7-9-3-4-10(21)5-11(9)22)16(27)17(28)15(25(14)20)19(30)24(2)8-20/h3-5,12,26,28H,6-8H2,1-2H3,(H,23,29). The van der Waals surface area contributed by atoms with Gasteiger partial charge >= 0.3 is 0 Å². The van der Waals surface area contributed by atoms with Crippen LogP contribution >= 0.6 is 0 Å². The summed E-state index contributed by atoms with van der Waals surface area (Å²) in [6.45, 7) is 1.62. The highest BCUT2D eigenvalue weighted by Crippen LogP contribution is 2.45. The number of pyridine rings is 1. The Morgan fingerprint density at radius 1 is 1.33 bits per heavy atom. The smallest absolute Gasteiger partial charge is 0.274 e. The Hall–Kier alpha value is -3.27. The molecule has 0 radical (unpaired) electrons. The SMILES string of the molecule is CN1CC2(C)CC(O)c3c(C(=O)NCc4ccc(F)cc4F)c(=O)c(O)c(n32)C1=O. The molecule has 8 nitrogen and oxygen atoms in total. The molecule has 3 heterocycles. The summed E-state index contributed by atoms with van der Waals surface area (Å²) in [5.41, 5.74) is -2.77. The van der Waals surface area contributed by atoms with Gasteiger partial charge in [0.15, 0.2) is 11.4 Å². The molecule has 2 aliphatic rings. The highest BCUT2D eigenvalue weighted by molar-refractivity contribution is 6.00. The van der Waals surface area contributed by atoms with E-state index >= 15 is 0 Å². The van der Waals surface area contributed by atoms with Crippen LogP contribution in [0.1, 0.15) is 51.6 Å². The van der Waals surface area contributed by atoms with Crippen molar-refractivity contribution in [3.63, 3.8) is 0 Å². The molecule has 1 aromatic carbocycles. The molecule has 3 N–H and O–H groups in total. The van der Waals surface area contributed by atoms with Gasteiger partial charge in [0.25, 0.3) is 11.8 Å². The lowest BCUT2D eigenvalue weighted by Gasteiger charge is -2.39. The van der Waals surface area contributed by atoms with E-state index in [9.17, 15) is 33.4 Å². The number of likely N-dealkylation sites (N-methyl/N-ethyl adjacent to an activating group) is 1. The third-order valence-corrected chi connectivity index (χ3v) is 5.68. The lowest BCUT2D eigenvalue weighted by atomic mass is 9.95. The quantitative estimate of drug-likeness (QED) is 0.687. The Kier molecular flexibility index (Phi) is 4.42. The number of benzene rings is 1. The monoisotopic (exact) mass is 419 g/mol. The molecule has 0 saturated carbocycles. The predicted octanol–water partition coefficient (Wildman–Crippen LogP) is 1.00. The predicted molar refractivity (Wildman–Crippen MR) is 100 cm³/mol. The normalized spacial score (nSPS) is 22.2. The third-order valence-electron chi connectivity index (χ3n) is 5.68. The molecule has 2 unspecified atom stereocenters. The number of nitrogens with zero attached hydrogens (tertiary/aromatic N) is 2. The van der Waals surface area contributed by atoms with Crippen LogP contribution in [0, 0.1) is 11.6 Å². The molecule has 10 heteroatoms. The number of carbonyl (C=O) groups is 2. The van der Waals surface area contributed by atoms with E-state index in [0.717, 1.165) is 12.1 Å². The second-order valence-corrected chi connectivity index (χ2v) is 7.92. The highest BCUT2D eigenvalue weighted by Gasteiger charge is 2.50. The Labute approximate surface area is 169 Å². The number of aliphatic hydroxyl groups excluding tert-OH is 1. The molecule has 2 atom stereocenters. The number of hydrogen-bond acceptors (Lipinski definition) is 5. The summed E-state index contributed by atoms with van der Waals surface area (Å²) in [6.07, 6.45) is -1.09. The van der Waals surface area contributed by atoms with Crippen LogP contribution in [0.4, 0.5) is 8.78 Å². The lowest BCUT2D eigenvalue weighted by molar-refractivity contribution is 0.0607. The van der Waals surface area contributed by atoms with Crippen LogP contribution in [0.25, 0.3) is 0 Å². The molecule has 0 spiro atoms. The second-order valence-electron chi connectivity index (χ2n) is 7.92. The second kappa shape index (κ2) is 6.63. The summed E-state index contributed by atoms with van der Waals surface area (Å²) in [6, 6.07) is 2.85. The van der Waals surface area contributed by atoms with Gasteiger partial charge in [-0.2, -0.15) is 0 Å². The fraction of sp³-hybridized carbons (Fsp3) is 0.350. The first kappa shape index (κ1) is 20.0. The minimum Gasteiger partial charge on any atom is -0.503 e. The highest BCUT2D eigenvalue weighted by atomic mass is 19.1. The van der Waals surface area contributed by atoms with E-state index < -0.39 is 51.8 Å². The number of carbonyl (C=O) groups excluding carboxylic acids is 2. The third kappa shape index (κ3) is 2.78. The van der Waals surface area contributed by atoms with Gasteiger partial charge in [0.05, 0.1) is 17.3 Å². The van der Waals surface area contributed by atoms with Gasteiger partial charge < -0.3 is 25.0 Å². The number of rotatable bonds is 3. The van der Waals surface area contributed by atoms with E-state index in [1.165, 1.54) is 16.5 Å². The zero-order chi connectivity index (χ0) is 22.0. The van der Waals surface area contributed by atoms with Crippen LogP contribution in [0.5, 0.6) is 5.75 Å². The van der Waals surface area contributed by atoms with Crippen molar-refractivity contribution in [1.29, 1.82) is 0 Å². The molecule has 2 amide bonds. The molecule has 4 rings (SSSR count). The Morgan fingerprint density at radius 3 is 2.70 bits per heavy atom. The van der Waals surface area contributed by atoms with Crippen LogP contribution in [-0.2, 0) is 12.1 Å². The minimum absolute atomic E-state index is 0.00866. The van der Waals surface area contributed by atoms with Gasteiger partial charge in [-0.05, 0) is 13.0 Å². The lowest BCUT2D eigenvalue weighted by Crippen LogP contribution is -2.50. The van der Waals surface area contributed by atoms with Gasteiger partial charge in [0.2, 0.25) is 5.43 Å². The maximum absolute atomic E-state index is 13.8. The largest absolute Gasteiger partial charge is 0.503 e. The van der Waals surface area contributed by atoms with E-state index in [1.807, 2.05) is 0 Å². The summed E-state index contributed by atoms with van der Waals surface area (Å²) in [7, 11) is 1.52. The first-order chi connectivity index (χ1) is 14.0. The van der Waals surface area contributed by atoms with Gasteiger partial charge in [-0.25, -0.2) is 8.78 Å². The average molecular weight is 419 g/mol. The van der Waals surface area contributed by atoms with Crippen molar-refractivity contribution in [2.24, 2.45) is 0 Å². The molecule has 1 aromatic heterocycles. The van der Waals surface area contributed by atoms with Crippen molar-refractivity contribution < 1.29 is 28.6 Å². The maximum Gasteiger partial charge on any atom is 0.274 e. The molecular formula is C20H19F2N3O5. The van der Waals surface area contributed by atoms with E-state index in [0.29, 0.717) is 6.07 Å². The van der Waals surface area contributed by atoms with Gasteiger partial charge in [-0.3, -0.25) is 14.4 Å². The summed E-state index contributed by atoms with van der Waals surface area (Å²) < 4.78 is 28.3. The Morgan fingerprint density at radius 2 is 2.03 bits per heavy atom. The van der Waals surface area contributed by atoms with Crippen LogP contribution in [0.15, 0.2) is 23.0 Å². The summed E-state index contributed by atoms with van der Waals surface area (Å²) in [4.78, 5) is 39.5. The zero-order valence-electron chi connectivity index (χ0n) is 16.2. The number of aliphatic hydroxyl groups is 1. The zero-order valence-corrected chi connectivity index (χ0v) is 16.2. The average Bonchev–Trinajstić information content (AvgIpc) is 2.91. The van der Waals surface area contributed by atoms with Crippen molar-refractivity contribution in [1.82, 2.24) is 14.8 Å². The van der Waals surface area contributed by atoms with Crippen LogP contribution in [0.2, 0.25) is 0 Å². The van der Waals surface area contributed by atoms with Crippen LogP contribution in [0.3, 0.4) is 0 Å². The molecule has 0 bridgehead atoms. The van der Waals surface area contributed by atoms with Crippen LogP contribution < -0.4 is 10.7 Å². The molecule has 158 valence electrons. The number of hydrogen-bond donors (Lipinski definition) is 3. The van der Waals surface area contributed by atoms with E-state index in [2.05, 4.69) is 5.32 Å². The summed E-state index contributed by atoms with van der Waals surface area (Å²) in [5, 5.41) is 23.4. The number of halogens is 2. The molecule has 2 aromatic rings.